The molecule has 0 saturated carbocycles. The molecule has 6 nitrogen and oxygen atoms in total. The molecule has 2 heterocycles. The number of hydrogen-bond acceptors (Lipinski definition) is 3. The molecule has 1 fully saturated rings. The first kappa shape index (κ1) is 25.2. The number of hydrogen-bond donors (Lipinski definition) is 1. The van der Waals surface area contributed by atoms with Crippen molar-refractivity contribution in [1.82, 2.24) is 9.80 Å². The maximum absolute atomic E-state index is 12.5. The summed E-state index contributed by atoms with van der Waals surface area (Å²) >= 11 is 0. The third kappa shape index (κ3) is 5.69. The van der Waals surface area contributed by atoms with Crippen molar-refractivity contribution in [3.8, 4) is 11.1 Å². The van der Waals surface area contributed by atoms with Gasteiger partial charge in [0.15, 0.2) is 0 Å². The van der Waals surface area contributed by atoms with E-state index in [4.69, 9.17) is 0 Å². The first-order valence-electron chi connectivity index (χ1n) is 13.0. The number of carboxylic acid groups (broad SMARTS) is 1. The Morgan fingerprint density at radius 1 is 1.03 bits per heavy atom. The number of rotatable bonds is 6. The third-order valence-electron chi connectivity index (χ3n) is 7.32. The van der Waals surface area contributed by atoms with Crippen molar-refractivity contribution in [1.29, 1.82) is 0 Å². The van der Waals surface area contributed by atoms with Gasteiger partial charge in [0.25, 0.3) is 0 Å². The molecule has 6 heteroatoms. The Balaban J connectivity index is 1.67. The van der Waals surface area contributed by atoms with Gasteiger partial charge in [-0.05, 0) is 79.6 Å². The molecule has 2 aliphatic heterocycles. The molecule has 1 saturated heterocycles. The van der Waals surface area contributed by atoms with Crippen molar-refractivity contribution in [3.63, 3.8) is 0 Å². The van der Waals surface area contributed by atoms with Crippen LogP contribution in [0.5, 0.6) is 0 Å². The fourth-order valence-corrected chi connectivity index (χ4v) is 5.70. The van der Waals surface area contributed by atoms with Gasteiger partial charge in [0.1, 0.15) is 0 Å². The number of anilines is 1. The van der Waals surface area contributed by atoms with Crippen molar-refractivity contribution < 1.29 is 14.7 Å². The van der Waals surface area contributed by atoms with Crippen LogP contribution in [0.25, 0.3) is 11.1 Å². The number of fused-ring (bicyclic) bond motifs is 1. The summed E-state index contributed by atoms with van der Waals surface area (Å²) in [5, 5.41) is 10.1. The second kappa shape index (κ2) is 10.8. The molecule has 2 aliphatic rings. The van der Waals surface area contributed by atoms with Crippen molar-refractivity contribution in [2.75, 3.05) is 24.5 Å². The maximum Gasteiger partial charge on any atom is 0.407 e. The molecule has 2 aromatic rings. The molecule has 2 unspecified atom stereocenters. The van der Waals surface area contributed by atoms with Gasteiger partial charge in [-0.25, -0.2) is 4.79 Å². The van der Waals surface area contributed by atoms with E-state index in [1.54, 1.807) is 11.8 Å². The van der Waals surface area contributed by atoms with E-state index in [1.807, 2.05) is 31.7 Å². The molecule has 0 radical (unpaired) electrons. The minimum absolute atomic E-state index is 0.0160. The fourth-order valence-electron chi connectivity index (χ4n) is 5.70. The van der Waals surface area contributed by atoms with Crippen LogP contribution in [0.1, 0.15) is 70.5 Å². The van der Waals surface area contributed by atoms with Gasteiger partial charge in [0.05, 0.1) is 6.04 Å². The molecule has 2 aromatic carbocycles. The number of carbonyl (C=O) groups is 2. The molecule has 35 heavy (non-hydrogen) atoms. The summed E-state index contributed by atoms with van der Waals surface area (Å²) in [7, 11) is 0. The van der Waals surface area contributed by atoms with Gasteiger partial charge < -0.3 is 14.9 Å². The summed E-state index contributed by atoms with van der Waals surface area (Å²) in [5.74, 6) is 0.198. The van der Waals surface area contributed by atoms with Crippen LogP contribution < -0.4 is 4.90 Å². The van der Waals surface area contributed by atoms with Crippen LogP contribution >= 0.6 is 0 Å². The Labute approximate surface area is 209 Å². The summed E-state index contributed by atoms with van der Waals surface area (Å²) in [4.78, 5) is 30.7. The molecule has 188 valence electrons. The number of piperidine rings is 1. The largest absolute Gasteiger partial charge is 0.465 e. The summed E-state index contributed by atoms with van der Waals surface area (Å²) in [6, 6.07) is 14.5. The number of nitrogens with zero attached hydrogens (tertiary/aromatic N) is 3. The second-order valence-electron chi connectivity index (χ2n) is 10.6. The van der Waals surface area contributed by atoms with E-state index in [9.17, 15) is 14.7 Å². The van der Waals surface area contributed by atoms with Gasteiger partial charge >= 0.3 is 6.09 Å². The molecular weight excluding hydrogens is 438 g/mol. The normalized spacial score (nSPS) is 20.5. The highest BCUT2D eigenvalue weighted by molar-refractivity contribution is 5.94. The Morgan fingerprint density at radius 2 is 1.69 bits per heavy atom. The van der Waals surface area contributed by atoms with Gasteiger partial charge in [-0.1, -0.05) is 50.6 Å². The topological polar surface area (TPSA) is 64.1 Å². The summed E-state index contributed by atoms with van der Waals surface area (Å²) in [6.45, 7) is 11.5. The van der Waals surface area contributed by atoms with Gasteiger partial charge in [0, 0.05) is 31.7 Å². The van der Waals surface area contributed by atoms with Gasteiger partial charge in [-0.15, -0.1) is 0 Å². The average molecular weight is 478 g/mol. The zero-order valence-electron chi connectivity index (χ0n) is 21.5. The maximum atomic E-state index is 12.5. The van der Waals surface area contributed by atoms with E-state index >= 15 is 0 Å². The monoisotopic (exact) mass is 477 g/mol. The minimum atomic E-state index is -0.911. The molecule has 4 rings (SSSR count). The van der Waals surface area contributed by atoms with Crippen molar-refractivity contribution in [2.45, 2.75) is 72.0 Å². The summed E-state index contributed by atoms with van der Waals surface area (Å²) in [6.07, 6.45) is 3.59. The van der Waals surface area contributed by atoms with E-state index < -0.39 is 6.09 Å². The zero-order valence-corrected chi connectivity index (χ0v) is 21.5. The van der Waals surface area contributed by atoms with E-state index in [0.29, 0.717) is 13.0 Å². The summed E-state index contributed by atoms with van der Waals surface area (Å²) in [5.41, 5.74) is 5.20. The quantitative estimate of drug-likeness (QED) is 0.541. The highest BCUT2D eigenvalue weighted by Crippen LogP contribution is 2.42. The van der Waals surface area contributed by atoms with Crippen molar-refractivity contribution in [2.24, 2.45) is 5.92 Å². The van der Waals surface area contributed by atoms with Crippen LogP contribution in [0.3, 0.4) is 0 Å². The van der Waals surface area contributed by atoms with Crippen LogP contribution in [0.15, 0.2) is 42.5 Å². The molecular formula is C29H39N3O3. The van der Waals surface area contributed by atoms with E-state index in [2.05, 4.69) is 41.3 Å². The Hall–Kier alpha value is -2.86. The lowest BCUT2D eigenvalue weighted by Crippen LogP contribution is -2.47. The molecule has 1 N–H and O–H groups in total. The van der Waals surface area contributed by atoms with E-state index in [0.717, 1.165) is 28.9 Å². The Bertz CT molecular complexity index is 1040. The van der Waals surface area contributed by atoms with Crippen LogP contribution in [0.4, 0.5) is 10.5 Å². The average Bonchev–Trinajstić information content (AvgIpc) is 2.82. The first-order chi connectivity index (χ1) is 16.7. The van der Waals surface area contributed by atoms with Crippen LogP contribution in [0.2, 0.25) is 0 Å². The molecule has 0 bridgehead atoms. The van der Waals surface area contributed by atoms with E-state index in [1.165, 1.54) is 37.9 Å². The highest BCUT2D eigenvalue weighted by Gasteiger charge is 2.37. The third-order valence-corrected chi connectivity index (χ3v) is 7.32. The second-order valence-corrected chi connectivity index (χ2v) is 10.6. The lowest BCUT2D eigenvalue weighted by atomic mass is 9.87. The SMILES string of the molecule is CC(=O)N1c2ccc(-c3ccc(CN4CCCCC4)cc3)cc2C(N(CC(C)C)C(=O)O)CC1C. The molecule has 0 spiro atoms. The first-order valence-corrected chi connectivity index (χ1v) is 13.0. The highest BCUT2D eigenvalue weighted by atomic mass is 16.4. The molecule has 2 atom stereocenters. The van der Waals surface area contributed by atoms with Gasteiger partial charge in [0.2, 0.25) is 5.91 Å². The number of likely N-dealkylation sites (tertiary alicyclic amines) is 1. The molecule has 2 amide bonds. The number of benzene rings is 2. The zero-order chi connectivity index (χ0) is 25.1. The number of carbonyl (C=O) groups excluding carboxylic acids is 1. The van der Waals surface area contributed by atoms with Gasteiger partial charge in [-0.2, -0.15) is 0 Å². The predicted molar refractivity (Wildman–Crippen MR) is 141 cm³/mol. The number of amides is 2. The van der Waals surface area contributed by atoms with Crippen LogP contribution in [0, 0.1) is 5.92 Å². The van der Waals surface area contributed by atoms with Crippen LogP contribution in [-0.2, 0) is 11.3 Å². The summed E-state index contributed by atoms with van der Waals surface area (Å²) < 4.78 is 0. The Morgan fingerprint density at radius 3 is 2.29 bits per heavy atom. The van der Waals surface area contributed by atoms with E-state index in [-0.39, 0.29) is 23.9 Å². The lowest BCUT2D eigenvalue weighted by Gasteiger charge is -2.43. The smallest absolute Gasteiger partial charge is 0.407 e. The standard InChI is InChI=1S/C29H39N3O3/c1-20(2)18-31(29(34)35)28-16-21(3)32(22(4)33)27-13-12-25(17-26(27)28)24-10-8-23(9-11-24)19-30-14-6-5-7-15-30/h8-13,17,20-21,28H,5-7,14-16,18-19H2,1-4H3,(H,34,35). The van der Waals surface area contributed by atoms with Crippen molar-refractivity contribution >= 4 is 17.7 Å². The Kier molecular flexibility index (Phi) is 7.80. The van der Waals surface area contributed by atoms with Gasteiger partial charge in [-0.3, -0.25) is 9.69 Å². The van der Waals surface area contributed by atoms with Crippen LogP contribution in [-0.4, -0.2) is 52.6 Å². The predicted octanol–water partition coefficient (Wildman–Crippen LogP) is 6.16. The molecule has 0 aromatic heterocycles. The lowest BCUT2D eigenvalue weighted by molar-refractivity contribution is -0.117. The van der Waals surface area contributed by atoms with Crippen molar-refractivity contribution in [3.05, 3.63) is 53.6 Å². The molecule has 0 aliphatic carbocycles. The fraction of sp³-hybridized carbons (Fsp3) is 0.517. The minimum Gasteiger partial charge on any atom is -0.465 e.